The maximum atomic E-state index is 12.8. The van der Waals surface area contributed by atoms with Gasteiger partial charge in [-0.1, -0.05) is 335 Å². The molecule has 0 N–H and O–H groups in total. The molecular weight excluding hydrogens is 966 g/mol. The monoisotopic (exact) mass is 1100 g/mol. The van der Waals surface area contributed by atoms with E-state index in [1.807, 2.05) is 21.1 Å². The van der Waals surface area contributed by atoms with E-state index in [0.717, 1.165) is 32.1 Å². The molecule has 0 aromatic heterocycles. The quantitative estimate of drug-likeness (QED) is 0.0256. The highest BCUT2D eigenvalue weighted by molar-refractivity contribution is 7.45. The summed E-state index contributed by atoms with van der Waals surface area (Å²) < 4.78 is 34.2. The minimum atomic E-state index is -4.63. The lowest BCUT2D eigenvalue weighted by Gasteiger charge is -2.28. The average molecular weight is 1100 g/mol. The lowest BCUT2D eigenvalue weighted by Crippen LogP contribution is -2.37. The minimum absolute atomic E-state index is 0.0252. The first kappa shape index (κ1) is 75.0. The second-order valence-corrected chi connectivity index (χ2v) is 26.0. The molecule has 454 valence electrons. The molecule has 0 bridgehead atoms. The number of phosphoric ester groups is 1. The zero-order valence-corrected chi connectivity index (χ0v) is 52.6. The molecular formula is C66H132NO8P. The van der Waals surface area contributed by atoms with Crippen molar-refractivity contribution in [1.29, 1.82) is 0 Å². The maximum Gasteiger partial charge on any atom is 0.306 e. The van der Waals surface area contributed by atoms with E-state index in [2.05, 4.69) is 13.8 Å². The molecule has 0 radical (unpaired) electrons. The van der Waals surface area contributed by atoms with Gasteiger partial charge in [0.05, 0.1) is 27.7 Å². The Morgan fingerprint density at radius 1 is 0.355 bits per heavy atom. The van der Waals surface area contributed by atoms with Crippen LogP contribution in [0.1, 0.15) is 361 Å². The largest absolute Gasteiger partial charge is 0.756 e. The van der Waals surface area contributed by atoms with Crippen LogP contribution in [0.25, 0.3) is 0 Å². The minimum Gasteiger partial charge on any atom is -0.756 e. The van der Waals surface area contributed by atoms with Crippen LogP contribution in [-0.2, 0) is 32.7 Å². The molecule has 0 saturated heterocycles. The topological polar surface area (TPSA) is 111 Å². The standard InChI is InChI=1S/C66H132NO8P/c1-6-8-10-12-14-16-18-20-21-22-23-24-25-26-27-28-29-30-31-32-33-34-35-36-37-38-39-40-41-42-43-44-45-46-47-49-51-53-55-57-59-66(69)75-64(63-74-76(70,71)73-61-60-67(3,4)5)62-72-65(68)58-56-54-52-50-48-19-17-15-13-11-9-7-2/h64H,6-63H2,1-5H3. The highest BCUT2D eigenvalue weighted by Crippen LogP contribution is 2.38. The van der Waals surface area contributed by atoms with Crippen molar-refractivity contribution in [3.63, 3.8) is 0 Å². The van der Waals surface area contributed by atoms with Crippen LogP contribution < -0.4 is 4.89 Å². The van der Waals surface area contributed by atoms with Crippen LogP contribution in [0.15, 0.2) is 0 Å². The van der Waals surface area contributed by atoms with Gasteiger partial charge in [-0.25, -0.2) is 0 Å². The van der Waals surface area contributed by atoms with E-state index >= 15 is 0 Å². The highest BCUT2D eigenvalue weighted by atomic mass is 31.2. The van der Waals surface area contributed by atoms with Gasteiger partial charge in [0.2, 0.25) is 0 Å². The van der Waals surface area contributed by atoms with Gasteiger partial charge >= 0.3 is 11.9 Å². The first-order chi connectivity index (χ1) is 37.0. The molecule has 0 fully saturated rings. The third-order valence-corrected chi connectivity index (χ3v) is 16.6. The average Bonchev–Trinajstić information content (AvgIpc) is 3.38. The van der Waals surface area contributed by atoms with Gasteiger partial charge in [0.15, 0.2) is 6.10 Å². The van der Waals surface area contributed by atoms with Gasteiger partial charge in [0.25, 0.3) is 7.82 Å². The van der Waals surface area contributed by atoms with Crippen LogP contribution in [-0.4, -0.2) is 70.0 Å². The summed E-state index contributed by atoms with van der Waals surface area (Å²) in [5.41, 5.74) is 0. The van der Waals surface area contributed by atoms with E-state index in [1.165, 1.54) is 295 Å². The van der Waals surface area contributed by atoms with Crippen LogP contribution in [0.4, 0.5) is 0 Å². The van der Waals surface area contributed by atoms with E-state index in [9.17, 15) is 19.0 Å². The Kier molecular flexibility index (Phi) is 57.9. The molecule has 0 spiro atoms. The fourth-order valence-electron chi connectivity index (χ4n) is 10.4. The molecule has 2 unspecified atom stereocenters. The molecule has 0 aliphatic rings. The Morgan fingerprint density at radius 3 is 0.842 bits per heavy atom. The molecule has 0 amide bonds. The number of hydrogen-bond donors (Lipinski definition) is 0. The SMILES string of the molecule is CCCCCCCCCCCCCCCCCCCCCCCCCCCCCCCCCCCCCCCCCCC(=O)OC(COC(=O)CCCCCCCCCCCCCC)COP(=O)([O-])OCC[N+](C)(C)C. The van der Waals surface area contributed by atoms with Gasteiger partial charge in [-0.05, 0) is 12.8 Å². The fraction of sp³-hybridized carbons (Fsp3) is 0.970. The molecule has 0 aliphatic heterocycles. The van der Waals surface area contributed by atoms with Crippen LogP contribution in [0, 0.1) is 0 Å². The maximum absolute atomic E-state index is 12.8. The van der Waals surface area contributed by atoms with E-state index in [-0.39, 0.29) is 32.0 Å². The lowest BCUT2D eigenvalue weighted by atomic mass is 10.0. The van der Waals surface area contributed by atoms with Crippen molar-refractivity contribution in [1.82, 2.24) is 0 Å². The number of carbonyl (C=O) groups excluding carboxylic acids is 2. The predicted octanol–water partition coefficient (Wildman–Crippen LogP) is 20.8. The number of esters is 2. The first-order valence-electron chi connectivity index (χ1n) is 33.7. The lowest BCUT2D eigenvalue weighted by molar-refractivity contribution is -0.870. The van der Waals surface area contributed by atoms with Crippen LogP contribution >= 0.6 is 7.82 Å². The molecule has 0 heterocycles. The molecule has 0 aromatic rings. The Morgan fingerprint density at radius 2 is 0.592 bits per heavy atom. The van der Waals surface area contributed by atoms with Crippen molar-refractivity contribution in [2.45, 2.75) is 367 Å². The van der Waals surface area contributed by atoms with Gasteiger partial charge in [0, 0.05) is 12.8 Å². The van der Waals surface area contributed by atoms with Crippen molar-refractivity contribution in [3.8, 4) is 0 Å². The van der Waals surface area contributed by atoms with Crippen molar-refractivity contribution < 1.29 is 42.1 Å². The summed E-state index contributed by atoms with van der Waals surface area (Å²) in [6.45, 7) is 4.30. The van der Waals surface area contributed by atoms with Crippen LogP contribution in [0.3, 0.4) is 0 Å². The predicted molar refractivity (Wildman–Crippen MR) is 324 cm³/mol. The number of nitrogens with zero attached hydrogens (tertiary/aromatic N) is 1. The number of phosphoric acid groups is 1. The van der Waals surface area contributed by atoms with Crippen molar-refractivity contribution in [3.05, 3.63) is 0 Å². The second kappa shape index (κ2) is 58.7. The molecule has 9 nitrogen and oxygen atoms in total. The smallest absolute Gasteiger partial charge is 0.306 e. The number of carbonyl (C=O) groups is 2. The second-order valence-electron chi connectivity index (χ2n) is 24.6. The van der Waals surface area contributed by atoms with Gasteiger partial charge in [-0.15, -0.1) is 0 Å². The van der Waals surface area contributed by atoms with Crippen molar-refractivity contribution in [2.75, 3.05) is 47.5 Å². The number of hydrogen-bond acceptors (Lipinski definition) is 8. The number of unbranched alkanes of at least 4 members (excludes halogenated alkanes) is 50. The zero-order valence-electron chi connectivity index (χ0n) is 51.7. The van der Waals surface area contributed by atoms with Gasteiger partial charge in [-0.3, -0.25) is 14.2 Å². The summed E-state index contributed by atoms with van der Waals surface area (Å²) in [5.74, 6) is -0.811. The molecule has 0 saturated carbocycles. The molecule has 0 aliphatic carbocycles. The number of quaternary nitrogens is 1. The molecule has 76 heavy (non-hydrogen) atoms. The molecule has 0 rings (SSSR count). The number of rotatable bonds is 64. The number of ether oxygens (including phenoxy) is 2. The van der Waals surface area contributed by atoms with E-state index < -0.39 is 26.5 Å². The van der Waals surface area contributed by atoms with Gasteiger partial charge < -0.3 is 27.9 Å². The summed E-state index contributed by atoms with van der Waals surface area (Å²) in [6.07, 6.45) is 69.3. The van der Waals surface area contributed by atoms with E-state index in [0.29, 0.717) is 17.4 Å². The normalized spacial score (nSPS) is 13.1. The summed E-state index contributed by atoms with van der Waals surface area (Å²) in [5, 5.41) is 0. The summed E-state index contributed by atoms with van der Waals surface area (Å²) in [4.78, 5) is 37.8. The van der Waals surface area contributed by atoms with E-state index in [1.54, 1.807) is 0 Å². The Hall–Kier alpha value is -0.990. The van der Waals surface area contributed by atoms with Gasteiger partial charge in [0.1, 0.15) is 19.8 Å². The Labute approximate surface area is 474 Å². The summed E-state index contributed by atoms with van der Waals surface area (Å²) in [6, 6.07) is 0. The van der Waals surface area contributed by atoms with Gasteiger partial charge in [-0.2, -0.15) is 0 Å². The third-order valence-electron chi connectivity index (χ3n) is 15.6. The van der Waals surface area contributed by atoms with Crippen LogP contribution in [0.2, 0.25) is 0 Å². The molecule has 2 atom stereocenters. The first-order valence-corrected chi connectivity index (χ1v) is 35.2. The summed E-state index contributed by atoms with van der Waals surface area (Å²) >= 11 is 0. The fourth-order valence-corrected chi connectivity index (χ4v) is 11.2. The van der Waals surface area contributed by atoms with Crippen LogP contribution in [0.5, 0.6) is 0 Å². The molecule has 10 heteroatoms. The zero-order chi connectivity index (χ0) is 55.6. The van der Waals surface area contributed by atoms with E-state index in [4.69, 9.17) is 18.5 Å². The Balaban J connectivity index is 3.78. The summed E-state index contributed by atoms with van der Waals surface area (Å²) in [7, 11) is 1.19. The molecule has 0 aromatic carbocycles. The Bertz CT molecular complexity index is 1240. The van der Waals surface area contributed by atoms with Crippen molar-refractivity contribution >= 4 is 19.8 Å². The third kappa shape index (κ3) is 62.2. The highest BCUT2D eigenvalue weighted by Gasteiger charge is 2.22. The van der Waals surface area contributed by atoms with Crippen molar-refractivity contribution in [2.24, 2.45) is 0 Å². The number of likely N-dealkylation sites (N-methyl/N-ethyl adjacent to an activating group) is 1.